The second-order valence-electron chi connectivity index (χ2n) is 4.83. The fourth-order valence-electron chi connectivity index (χ4n) is 1.81. The third kappa shape index (κ3) is 6.31. The van der Waals surface area contributed by atoms with Gasteiger partial charge in [0.1, 0.15) is 17.4 Å². The number of rotatable bonds is 9. The molecular formula is C17H23N3O2. The van der Waals surface area contributed by atoms with Crippen LogP contribution in [0, 0.1) is 11.3 Å². The highest BCUT2D eigenvalue weighted by Gasteiger charge is 2.07. The molecule has 5 heteroatoms. The van der Waals surface area contributed by atoms with Crippen LogP contribution in [0.2, 0.25) is 0 Å². The summed E-state index contributed by atoms with van der Waals surface area (Å²) < 4.78 is 5.09. The number of benzene rings is 1. The summed E-state index contributed by atoms with van der Waals surface area (Å²) in [5, 5.41) is 14.7. The second-order valence-corrected chi connectivity index (χ2v) is 4.83. The highest BCUT2D eigenvalue weighted by atomic mass is 16.5. The van der Waals surface area contributed by atoms with Crippen LogP contribution in [-0.4, -0.2) is 26.1 Å². The Morgan fingerprint density at radius 3 is 2.64 bits per heavy atom. The Labute approximate surface area is 132 Å². The minimum atomic E-state index is -0.347. The van der Waals surface area contributed by atoms with Crippen LogP contribution in [0.4, 0.5) is 0 Å². The minimum absolute atomic E-state index is 0.103. The zero-order valence-electron chi connectivity index (χ0n) is 13.2. The largest absolute Gasteiger partial charge is 0.497 e. The van der Waals surface area contributed by atoms with E-state index in [1.807, 2.05) is 30.3 Å². The smallest absolute Gasteiger partial charge is 0.263 e. The molecule has 2 N–H and O–H groups in total. The first-order valence-electron chi connectivity index (χ1n) is 7.46. The number of carbonyl (C=O) groups excluding carboxylic acids is 1. The van der Waals surface area contributed by atoms with Crippen LogP contribution in [0.25, 0.3) is 0 Å². The van der Waals surface area contributed by atoms with Gasteiger partial charge in [0.2, 0.25) is 0 Å². The molecule has 1 aromatic carbocycles. The van der Waals surface area contributed by atoms with Gasteiger partial charge in [0, 0.05) is 19.3 Å². The van der Waals surface area contributed by atoms with Crippen LogP contribution in [0.5, 0.6) is 5.75 Å². The molecule has 22 heavy (non-hydrogen) atoms. The number of ether oxygens (including phenoxy) is 1. The van der Waals surface area contributed by atoms with Crippen molar-refractivity contribution in [2.75, 3.05) is 20.2 Å². The van der Waals surface area contributed by atoms with Gasteiger partial charge in [0.05, 0.1) is 7.11 Å². The van der Waals surface area contributed by atoms with E-state index < -0.39 is 0 Å². The molecule has 1 amide bonds. The molecule has 0 saturated heterocycles. The molecule has 0 heterocycles. The first-order valence-corrected chi connectivity index (χ1v) is 7.46. The molecule has 0 fully saturated rings. The monoisotopic (exact) mass is 301 g/mol. The molecule has 0 spiro atoms. The van der Waals surface area contributed by atoms with Gasteiger partial charge in [0.15, 0.2) is 0 Å². The van der Waals surface area contributed by atoms with Crippen molar-refractivity contribution in [3.63, 3.8) is 0 Å². The van der Waals surface area contributed by atoms with Crippen molar-refractivity contribution in [2.45, 2.75) is 26.2 Å². The Morgan fingerprint density at radius 2 is 2.05 bits per heavy atom. The Kier molecular flexibility index (Phi) is 8.21. The lowest BCUT2D eigenvalue weighted by molar-refractivity contribution is -0.117. The summed E-state index contributed by atoms with van der Waals surface area (Å²) in [6, 6.07) is 9.59. The average molecular weight is 301 g/mol. The standard InChI is InChI=1S/C17H23N3O2/c1-3-4-10-19-13-15(12-18)17(21)20-11-9-14-5-7-16(22-2)8-6-14/h5-8,13,19H,3-4,9-11H2,1-2H3,(H,20,21)/b15-13-. The van der Waals surface area contributed by atoms with Gasteiger partial charge >= 0.3 is 0 Å². The first-order chi connectivity index (χ1) is 10.7. The molecule has 0 aliphatic heterocycles. The van der Waals surface area contributed by atoms with Crippen molar-refractivity contribution in [3.05, 3.63) is 41.6 Å². The summed E-state index contributed by atoms with van der Waals surface area (Å²) in [6.07, 6.45) is 4.27. The number of nitrogens with zero attached hydrogens (tertiary/aromatic N) is 1. The topological polar surface area (TPSA) is 74.2 Å². The molecule has 0 aliphatic carbocycles. The third-order valence-corrected chi connectivity index (χ3v) is 3.14. The SMILES string of the molecule is CCCCN/C=C(/C#N)C(=O)NCCc1ccc(OC)cc1. The van der Waals surface area contributed by atoms with Crippen LogP contribution >= 0.6 is 0 Å². The lowest BCUT2D eigenvalue weighted by Gasteiger charge is -2.06. The Bertz CT molecular complexity index is 530. The fourth-order valence-corrected chi connectivity index (χ4v) is 1.81. The van der Waals surface area contributed by atoms with E-state index in [0.717, 1.165) is 30.7 Å². The van der Waals surface area contributed by atoms with Crippen LogP contribution in [0.1, 0.15) is 25.3 Å². The highest BCUT2D eigenvalue weighted by molar-refractivity contribution is 5.97. The molecule has 1 rings (SSSR count). The van der Waals surface area contributed by atoms with Crippen molar-refractivity contribution >= 4 is 5.91 Å². The molecule has 118 valence electrons. The molecule has 0 radical (unpaired) electrons. The van der Waals surface area contributed by atoms with Gasteiger partial charge in [-0.15, -0.1) is 0 Å². The summed E-state index contributed by atoms with van der Waals surface area (Å²) in [7, 11) is 1.62. The quantitative estimate of drug-likeness (QED) is 0.416. The zero-order chi connectivity index (χ0) is 16.2. The summed E-state index contributed by atoms with van der Waals surface area (Å²) in [4.78, 5) is 11.9. The second kappa shape index (κ2) is 10.3. The van der Waals surface area contributed by atoms with E-state index in [1.165, 1.54) is 6.20 Å². The van der Waals surface area contributed by atoms with Crippen LogP contribution in [-0.2, 0) is 11.2 Å². The van der Waals surface area contributed by atoms with Crippen molar-refractivity contribution in [1.29, 1.82) is 5.26 Å². The lowest BCUT2D eigenvalue weighted by Crippen LogP contribution is -2.27. The van der Waals surface area contributed by atoms with Crippen molar-refractivity contribution in [2.24, 2.45) is 0 Å². The third-order valence-electron chi connectivity index (χ3n) is 3.14. The van der Waals surface area contributed by atoms with Crippen molar-refractivity contribution < 1.29 is 9.53 Å². The number of nitriles is 1. The summed E-state index contributed by atoms with van der Waals surface area (Å²) in [5.41, 5.74) is 1.20. The number of carbonyl (C=O) groups is 1. The van der Waals surface area contributed by atoms with E-state index in [-0.39, 0.29) is 11.5 Å². The maximum absolute atomic E-state index is 11.9. The van der Waals surface area contributed by atoms with Crippen LogP contribution in [0.15, 0.2) is 36.0 Å². The van der Waals surface area contributed by atoms with Crippen LogP contribution < -0.4 is 15.4 Å². The van der Waals surface area contributed by atoms with Gasteiger partial charge in [-0.05, 0) is 30.5 Å². The molecule has 0 atom stereocenters. The van der Waals surface area contributed by atoms with Gasteiger partial charge < -0.3 is 15.4 Å². The molecular weight excluding hydrogens is 278 g/mol. The number of methoxy groups -OCH3 is 1. The average Bonchev–Trinajstić information content (AvgIpc) is 2.55. The maximum Gasteiger partial charge on any atom is 0.263 e. The molecule has 0 aliphatic rings. The maximum atomic E-state index is 11.9. The highest BCUT2D eigenvalue weighted by Crippen LogP contribution is 2.11. The number of hydrogen-bond donors (Lipinski definition) is 2. The van der Waals surface area contributed by atoms with E-state index in [1.54, 1.807) is 7.11 Å². The van der Waals surface area contributed by atoms with Gasteiger partial charge in [-0.1, -0.05) is 25.5 Å². The van der Waals surface area contributed by atoms with E-state index in [9.17, 15) is 4.79 Å². The summed E-state index contributed by atoms with van der Waals surface area (Å²) >= 11 is 0. The number of amides is 1. The first kappa shape index (κ1) is 17.6. The van der Waals surface area contributed by atoms with Gasteiger partial charge in [-0.25, -0.2) is 0 Å². The van der Waals surface area contributed by atoms with Crippen molar-refractivity contribution in [1.82, 2.24) is 10.6 Å². The predicted octanol–water partition coefficient (Wildman–Crippen LogP) is 2.15. The van der Waals surface area contributed by atoms with E-state index in [2.05, 4.69) is 17.6 Å². The fraction of sp³-hybridized carbons (Fsp3) is 0.412. The summed E-state index contributed by atoms with van der Waals surface area (Å²) in [5.74, 6) is 0.459. The van der Waals surface area contributed by atoms with E-state index >= 15 is 0 Å². The lowest BCUT2D eigenvalue weighted by atomic mass is 10.1. The molecule has 0 bridgehead atoms. The normalized spacial score (nSPS) is 10.7. The zero-order valence-corrected chi connectivity index (χ0v) is 13.2. The molecule has 0 aromatic heterocycles. The van der Waals surface area contributed by atoms with Gasteiger partial charge in [-0.3, -0.25) is 4.79 Å². The number of nitrogens with one attached hydrogen (secondary N) is 2. The predicted molar refractivity (Wildman–Crippen MR) is 86.3 cm³/mol. The van der Waals surface area contributed by atoms with Crippen molar-refractivity contribution in [3.8, 4) is 11.8 Å². The summed E-state index contributed by atoms with van der Waals surface area (Å²) in [6.45, 7) is 3.34. The number of hydrogen-bond acceptors (Lipinski definition) is 4. The molecule has 1 aromatic rings. The van der Waals surface area contributed by atoms with E-state index in [0.29, 0.717) is 13.0 Å². The minimum Gasteiger partial charge on any atom is -0.497 e. The Balaban J connectivity index is 2.38. The Hall–Kier alpha value is -2.48. The molecule has 5 nitrogen and oxygen atoms in total. The van der Waals surface area contributed by atoms with E-state index in [4.69, 9.17) is 10.00 Å². The molecule has 0 saturated carbocycles. The Morgan fingerprint density at radius 1 is 1.32 bits per heavy atom. The van der Waals surface area contributed by atoms with Crippen LogP contribution in [0.3, 0.4) is 0 Å². The number of unbranched alkanes of at least 4 members (excludes halogenated alkanes) is 1. The van der Waals surface area contributed by atoms with Gasteiger partial charge in [0.25, 0.3) is 5.91 Å². The molecule has 0 unspecified atom stereocenters. The van der Waals surface area contributed by atoms with Gasteiger partial charge in [-0.2, -0.15) is 5.26 Å².